The summed E-state index contributed by atoms with van der Waals surface area (Å²) in [6, 6.07) is 9.12. The molecule has 1 aliphatic rings. The maximum absolute atomic E-state index is 15.0. The summed E-state index contributed by atoms with van der Waals surface area (Å²) in [4.78, 5) is 43.7. The summed E-state index contributed by atoms with van der Waals surface area (Å²) in [5.74, 6) is -2.20. The van der Waals surface area contributed by atoms with Crippen LogP contribution in [0.5, 0.6) is 0 Å². The summed E-state index contributed by atoms with van der Waals surface area (Å²) >= 11 is 0. The Morgan fingerprint density at radius 1 is 1.05 bits per heavy atom. The van der Waals surface area contributed by atoms with E-state index < -0.39 is 40.5 Å². The second kappa shape index (κ2) is 12.3. The van der Waals surface area contributed by atoms with Gasteiger partial charge in [0.15, 0.2) is 0 Å². The van der Waals surface area contributed by atoms with E-state index in [2.05, 4.69) is 20.5 Å². The number of rotatable bonds is 7. The first-order valence-electron chi connectivity index (χ1n) is 13.3. The fraction of sp³-hybridized carbons (Fsp3) is 0.345. The van der Waals surface area contributed by atoms with Crippen molar-refractivity contribution in [3.8, 4) is 11.1 Å². The lowest BCUT2D eigenvalue weighted by molar-refractivity contribution is -0.138. The van der Waals surface area contributed by atoms with Gasteiger partial charge in [0, 0.05) is 61.7 Å². The lowest BCUT2D eigenvalue weighted by atomic mass is 9.99. The molecule has 224 valence electrons. The van der Waals surface area contributed by atoms with E-state index in [9.17, 15) is 27.6 Å². The summed E-state index contributed by atoms with van der Waals surface area (Å²) in [5.41, 5.74) is 3.46. The topological polar surface area (TPSA) is 124 Å². The number of alkyl halides is 3. The normalized spacial score (nSPS) is 17.7. The van der Waals surface area contributed by atoms with Crippen LogP contribution in [0.15, 0.2) is 53.5 Å². The largest absolute Gasteiger partial charge is 0.417 e. The molecule has 0 spiro atoms. The Balaban J connectivity index is 1.80. The number of hydrogen-bond acceptors (Lipinski definition) is 6. The third kappa shape index (κ3) is 6.63. The summed E-state index contributed by atoms with van der Waals surface area (Å²) in [7, 11) is 1.99. The third-order valence-electron chi connectivity index (χ3n) is 7.39. The number of likely N-dealkylation sites (N-methyl/N-ethyl adjacent to an activating group) is 1. The number of nitrogens with zero attached hydrogens (tertiary/aromatic N) is 2. The molecule has 42 heavy (non-hydrogen) atoms. The molecule has 0 aliphatic carbocycles. The number of piperazine rings is 1. The van der Waals surface area contributed by atoms with E-state index >= 15 is 4.39 Å². The number of amides is 2. The van der Waals surface area contributed by atoms with Gasteiger partial charge in [-0.1, -0.05) is 6.07 Å². The van der Waals surface area contributed by atoms with Gasteiger partial charge in [-0.15, -0.1) is 0 Å². The second-order valence-corrected chi connectivity index (χ2v) is 10.3. The molecular weight excluding hydrogens is 556 g/mol. The molecular formula is C29H32F4N6O3. The number of benzene rings is 2. The fourth-order valence-electron chi connectivity index (χ4n) is 4.94. The van der Waals surface area contributed by atoms with Crippen LogP contribution in [-0.2, 0) is 6.18 Å². The van der Waals surface area contributed by atoms with Crippen LogP contribution >= 0.6 is 0 Å². The van der Waals surface area contributed by atoms with Crippen molar-refractivity contribution in [2.45, 2.75) is 32.1 Å². The Bertz CT molecular complexity index is 1530. The van der Waals surface area contributed by atoms with Crippen molar-refractivity contribution in [1.82, 2.24) is 15.2 Å². The van der Waals surface area contributed by atoms with Gasteiger partial charge in [-0.25, -0.2) is 4.39 Å². The predicted octanol–water partition coefficient (Wildman–Crippen LogP) is 3.67. The summed E-state index contributed by atoms with van der Waals surface area (Å²) in [6.07, 6.45) is -4.24. The zero-order chi connectivity index (χ0) is 30.8. The van der Waals surface area contributed by atoms with E-state index in [-0.39, 0.29) is 47.6 Å². The first-order valence-corrected chi connectivity index (χ1v) is 13.3. The molecule has 1 aliphatic heterocycles. The molecule has 2 aromatic carbocycles. The maximum Gasteiger partial charge on any atom is 0.417 e. The fourth-order valence-corrected chi connectivity index (χ4v) is 4.94. The monoisotopic (exact) mass is 588 g/mol. The summed E-state index contributed by atoms with van der Waals surface area (Å²) in [6.45, 7) is 5.62. The number of aromatic amines is 1. The lowest BCUT2D eigenvalue weighted by Crippen LogP contribution is -2.55. The van der Waals surface area contributed by atoms with Crippen molar-refractivity contribution >= 4 is 23.2 Å². The molecule has 13 heteroatoms. The standard InChI is InChI=1S/C29H32F4N6O3/c1-16-14-39(15-17(2)38(16)3)25-7-5-18(20-10-19(4-6-23(20)30)27(41)35-9-8-34)11-24(25)37-28(42)21-13-36-26(40)12-22(21)29(31,32)33/h4-7,10-13,16-17H,8-9,14-15,34H2,1-3H3,(H,35,41)(H,36,40)(H,37,42)/t16-,17+. The van der Waals surface area contributed by atoms with Gasteiger partial charge >= 0.3 is 6.18 Å². The molecule has 2 amide bonds. The number of halogens is 4. The van der Waals surface area contributed by atoms with Gasteiger partial charge in [0.05, 0.1) is 22.5 Å². The highest BCUT2D eigenvalue weighted by Crippen LogP contribution is 2.36. The number of aromatic nitrogens is 1. The molecule has 4 rings (SSSR count). The quantitative estimate of drug-likeness (QED) is 0.313. The number of nitrogens with two attached hydrogens (primary N) is 1. The predicted molar refractivity (Wildman–Crippen MR) is 152 cm³/mol. The zero-order valence-electron chi connectivity index (χ0n) is 23.3. The van der Waals surface area contributed by atoms with Crippen molar-refractivity contribution in [2.24, 2.45) is 5.73 Å². The molecule has 0 unspecified atom stereocenters. The highest BCUT2D eigenvalue weighted by atomic mass is 19.4. The first-order chi connectivity index (χ1) is 19.8. The van der Waals surface area contributed by atoms with Crippen LogP contribution in [0.2, 0.25) is 0 Å². The summed E-state index contributed by atoms with van der Waals surface area (Å²) < 4.78 is 56.2. The average molecular weight is 589 g/mol. The van der Waals surface area contributed by atoms with Crippen molar-refractivity contribution in [3.05, 3.63) is 81.5 Å². The molecule has 2 heterocycles. The minimum Gasteiger partial charge on any atom is -0.367 e. The zero-order valence-corrected chi connectivity index (χ0v) is 23.3. The van der Waals surface area contributed by atoms with Gasteiger partial charge in [0.1, 0.15) is 5.82 Å². The maximum atomic E-state index is 15.0. The van der Waals surface area contributed by atoms with Gasteiger partial charge in [0.2, 0.25) is 5.56 Å². The highest BCUT2D eigenvalue weighted by molar-refractivity contribution is 6.07. The highest BCUT2D eigenvalue weighted by Gasteiger charge is 2.36. The summed E-state index contributed by atoms with van der Waals surface area (Å²) in [5, 5.41) is 5.18. The van der Waals surface area contributed by atoms with Crippen molar-refractivity contribution in [1.29, 1.82) is 0 Å². The second-order valence-electron chi connectivity index (χ2n) is 10.3. The Hall–Kier alpha value is -4.23. The Morgan fingerprint density at radius 3 is 2.38 bits per heavy atom. The van der Waals surface area contributed by atoms with E-state index in [0.717, 1.165) is 6.07 Å². The van der Waals surface area contributed by atoms with Crippen molar-refractivity contribution in [2.75, 3.05) is 43.4 Å². The Morgan fingerprint density at radius 2 is 1.74 bits per heavy atom. The van der Waals surface area contributed by atoms with E-state index in [1.54, 1.807) is 12.1 Å². The molecule has 0 radical (unpaired) electrons. The molecule has 5 N–H and O–H groups in total. The van der Waals surface area contributed by atoms with Crippen LogP contribution in [-0.4, -0.2) is 67.0 Å². The van der Waals surface area contributed by atoms with Gasteiger partial charge < -0.3 is 26.3 Å². The van der Waals surface area contributed by atoms with Crippen LogP contribution in [0.25, 0.3) is 11.1 Å². The van der Waals surface area contributed by atoms with Gasteiger partial charge in [-0.2, -0.15) is 13.2 Å². The molecule has 0 bridgehead atoms. The number of nitrogens with one attached hydrogen (secondary N) is 3. The number of carbonyl (C=O) groups excluding carboxylic acids is 2. The SMILES string of the molecule is C[C@@H]1CN(c2ccc(-c3cc(C(=O)NCCN)ccc3F)cc2NC(=O)c2c[nH]c(=O)cc2C(F)(F)F)C[C@H](C)N1C. The minimum atomic E-state index is -4.96. The van der Waals surface area contributed by atoms with Crippen LogP contribution in [0.3, 0.4) is 0 Å². The van der Waals surface area contributed by atoms with Crippen LogP contribution in [0, 0.1) is 5.82 Å². The van der Waals surface area contributed by atoms with Crippen molar-refractivity contribution < 1.29 is 27.2 Å². The molecule has 1 aromatic heterocycles. The van der Waals surface area contributed by atoms with Gasteiger partial charge in [-0.05, 0) is 56.8 Å². The van der Waals surface area contributed by atoms with E-state index in [1.165, 1.54) is 18.2 Å². The number of hydrogen-bond donors (Lipinski definition) is 4. The van der Waals surface area contributed by atoms with Crippen molar-refractivity contribution in [3.63, 3.8) is 0 Å². The van der Waals surface area contributed by atoms with E-state index in [4.69, 9.17) is 5.73 Å². The molecule has 1 saturated heterocycles. The van der Waals surface area contributed by atoms with Crippen LogP contribution in [0.4, 0.5) is 28.9 Å². The minimum absolute atomic E-state index is 0.0533. The number of carbonyl (C=O) groups is 2. The average Bonchev–Trinajstić information content (AvgIpc) is 2.94. The third-order valence-corrected chi connectivity index (χ3v) is 7.39. The number of H-pyrrole nitrogens is 1. The molecule has 9 nitrogen and oxygen atoms in total. The van der Waals surface area contributed by atoms with Gasteiger partial charge in [-0.3, -0.25) is 19.3 Å². The molecule has 3 aromatic rings. The van der Waals surface area contributed by atoms with Gasteiger partial charge in [0.25, 0.3) is 11.8 Å². The van der Waals surface area contributed by atoms with E-state index in [0.29, 0.717) is 31.0 Å². The number of pyridine rings is 1. The molecule has 1 fully saturated rings. The molecule has 0 saturated carbocycles. The smallest absolute Gasteiger partial charge is 0.367 e. The van der Waals surface area contributed by atoms with E-state index in [1.807, 2.05) is 25.8 Å². The first kappa shape index (κ1) is 30.7. The molecule has 2 atom stereocenters. The van der Waals surface area contributed by atoms with Crippen LogP contribution < -0.4 is 26.8 Å². The lowest BCUT2D eigenvalue weighted by Gasteiger charge is -2.44. The van der Waals surface area contributed by atoms with Crippen LogP contribution in [0.1, 0.15) is 40.1 Å². The Kier molecular flexibility index (Phi) is 9.02. The Labute approximate surface area is 239 Å². The number of anilines is 2.